The third-order valence-corrected chi connectivity index (χ3v) is 3.01. The fourth-order valence-electron chi connectivity index (χ4n) is 1.63. The van der Waals surface area contributed by atoms with Crippen molar-refractivity contribution in [3.63, 3.8) is 0 Å². The van der Waals surface area contributed by atoms with Crippen LogP contribution in [-0.2, 0) is 15.8 Å². The minimum atomic E-state index is -4.61. The molecule has 0 unspecified atom stereocenters. The normalized spacial score (nSPS) is 11.5. The Morgan fingerprint density at radius 2 is 2.00 bits per heavy atom. The Labute approximate surface area is 129 Å². The number of anilines is 1. The number of carboxylic acids is 1. The molecule has 0 atom stereocenters. The summed E-state index contributed by atoms with van der Waals surface area (Å²) in [7, 11) is 1.53. The van der Waals surface area contributed by atoms with E-state index >= 15 is 0 Å². The van der Waals surface area contributed by atoms with Crippen molar-refractivity contribution in [2.45, 2.75) is 12.6 Å². The largest absolute Gasteiger partial charge is 0.481 e. The standard InChI is InChI=1S/C13H14ClF3N2O3/c1-19(5-4-12(21)22)7-11(20)18-8-2-3-10(14)9(6-8)13(15,16)17/h2-3,6H,4-5,7H2,1H3,(H,18,20)(H,21,22). The van der Waals surface area contributed by atoms with Gasteiger partial charge in [0, 0.05) is 12.2 Å². The molecule has 1 aromatic carbocycles. The van der Waals surface area contributed by atoms with Gasteiger partial charge in [0.2, 0.25) is 5.91 Å². The van der Waals surface area contributed by atoms with Gasteiger partial charge in [0.15, 0.2) is 0 Å². The first-order chi connectivity index (χ1) is 10.1. The van der Waals surface area contributed by atoms with Crippen LogP contribution in [-0.4, -0.2) is 42.0 Å². The van der Waals surface area contributed by atoms with Gasteiger partial charge >= 0.3 is 12.1 Å². The number of rotatable bonds is 6. The maximum atomic E-state index is 12.7. The molecule has 9 heteroatoms. The number of nitrogens with zero attached hydrogens (tertiary/aromatic N) is 1. The van der Waals surface area contributed by atoms with Gasteiger partial charge in [0.25, 0.3) is 0 Å². The molecule has 0 spiro atoms. The molecule has 0 saturated carbocycles. The fraction of sp³-hybridized carbons (Fsp3) is 0.385. The molecule has 2 N–H and O–H groups in total. The van der Waals surface area contributed by atoms with Gasteiger partial charge in [0.1, 0.15) is 0 Å². The Balaban J connectivity index is 2.67. The van der Waals surface area contributed by atoms with Crippen molar-refractivity contribution >= 4 is 29.2 Å². The summed E-state index contributed by atoms with van der Waals surface area (Å²) in [5.74, 6) is -1.55. The topological polar surface area (TPSA) is 69.6 Å². The van der Waals surface area contributed by atoms with E-state index in [9.17, 15) is 22.8 Å². The summed E-state index contributed by atoms with van der Waals surface area (Å²) in [5, 5.41) is 10.4. The van der Waals surface area contributed by atoms with Crippen LogP contribution in [0.4, 0.5) is 18.9 Å². The summed E-state index contributed by atoms with van der Waals surface area (Å²) in [4.78, 5) is 23.5. The highest BCUT2D eigenvalue weighted by Crippen LogP contribution is 2.36. The molecule has 0 heterocycles. The summed E-state index contributed by atoms with van der Waals surface area (Å²) in [5.41, 5.74) is -1.07. The zero-order valence-electron chi connectivity index (χ0n) is 11.6. The zero-order chi connectivity index (χ0) is 16.9. The van der Waals surface area contributed by atoms with Crippen molar-refractivity contribution in [3.05, 3.63) is 28.8 Å². The van der Waals surface area contributed by atoms with Crippen LogP contribution in [0.5, 0.6) is 0 Å². The number of carbonyl (C=O) groups is 2. The van der Waals surface area contributed by atoms with Crippen LogP contribution in [0.2, 0.25) is 5.02 Å². The molecule has 0 fully saturated rings. The van der Waals surface area contributed by atoms with Gasteiger partial charge < -0.3 is 10.4 Å². The first kappa shape index (κ1) is 18.2. The lowest BCUT2D eigenvalue weighted by atomic mass is 10.2. The second kappa shape index (κ2) is 7.46. The maximum absolute atomic E-state index is 12.7. The molecule has 1 aromatic rings. The smallest absolute Gasteiger partial charge is 0.417 e. The average Bonchev–Trinajstić information content (AvgIpc) is 2.37. The van der Waals surface area contributed by atoms with Gasteiger partial charge in [-0.2, -0.15) is 13.2 Å². The molecule has 5 nitrogen and oxygen atoms in total. The zero-order valence-corrected chi connectivity index (χ0v) is 12.3. The van der Waals surface area contributed by atoms with Crippen molar-refractivity contribution in [2.24, 2.45) is 0 Å². The average molecular weight is 339 g/mol. The van der Waals surface area contributed by atoms with Crippen LogP contribution >= 0.6 is 11.6 Å². The van der Waals surface area contributed by atoms with Crippen molar-refractivity contribution < 1.29 is 27.9 Å². The van der Waals surface area contributed by atoms with Crippen LogP contribution in [0.1, 0.15) is 12.0 Å². The lowest BCUT2D eigenvalue weighted by molar-refractivity contribution is -0.138. The van der Waals surface area contributed by atoms with E-state index in [-0.39, 0.29) is 25.2 Å². The molecule has 0 bridgehead atoms. The van der Waals surface area contributed by atoms with E-state index in [1.54, 1.807) is 0 Å². The number of nitrogens with one attached hydrogen (secondary N) is 1. The van der Waals surface area contributed by atoms with Crippen LogP contribution in [0.3, 0.4) is 0 Å². The van der Waals surface area contributed by atoms with Crippen LogP contribution < -0.4 is 5.32 Å². The molecule has 0 aliphatic rings. The predicted octanol–water partition coefficient (Wildman–Crippen LogP) is 2.70. The Morgan fingerprint density at radius 3 is 2.55 bits per heavy atom. The monoisotopic (exact) mass is 338 g/mol. The van der Waals surface area contributed by atoms with Gasteiger partial charge in [-0.05, 0) is 25.2 Å². The second-order valence-electron chi connectivity index (χ2n) is 4.62. The van der Waals surface area contributed by atoms with Crippen molar-refractivity contribution in [3.8, 4) is 0 Å². The van der Waals surface area contributed by atoms with Gasteiger partial charge in [-0.15, -0.1) is 0 Å². The summed E-state index contributed by atoms with van der Waals surface area (Å²) < 4.78 is 38.1. The third kappa shape index (κ3) is 5.90. The number of halogens is 4. The molecule has 0 saturated heterocycles. The van der Waals surface area contributed by atoms with E-state index in [0.29, 0.717) is 0 Å². The van der Waals surface area contributed by atoms with Crippen LogP contribution in [0.15, 0.2) is 18.2 Å². The number of alkyl halides is 3. The Hall–Kier alpha value is -1.80. The van der Waals surface area contributed by atoms with Crippen molar-refractivity contribution in [1.82, 2.24) is 4.90 Å². The van der Waals surface area contributed by atoms with Crippen LogP contribution in [0.25, 0.3) is 0 Å². The second-order valence-corrected chi connectivity index (χ2v) is 5.03. The molecule has 0 radical (unpaired) electrons. The van der Waals surface area contributed by atoms with Gasteiger partial charge in [-0.3, -0.25) is 14.5 Å². The quantitative estimate of drug-likeness (QED) is 0.836. The Morgan fingerprint density at radius 1 is 1.36 bits per heavy atom. The van der Waals surface area contributed by atoms with E-state index in [1.165, 1.54) is 18.0 Å². The van der Waals surface area contributed by atoms with Crippen molar-refractivity contribution in [1.29, 1.82) is 0 Å². The summed E-state index contributed by atoms with van der Waals surface area (Å²) in [6.45, 7) is 0.00836. The molecule has 1 rings (SSSR count). The van der Waals surface area contributed by atoms with Gasteiger partial charge in [-0.1, -0.05) is 11.6 Å². The summed E-state index contributed by atoms with van der Waals surface area (Å²) in [6.07, 6.45) is -4.75. The first-order valence-corrected chi connectivity index (χ1v) is 6.54. The number of likely N-dealkylation sites (N-methyl/N-ethyl adjacent to an activating group) is 1. The highest BCUT2D eigenvalue weighted by atomic mass is 35.5. The lowest BCUT2D eigenvalue weighted by Crippen LogP contribution is -2.31. The number of amides is 1. The Bertz CT molecular complexity index is 564. The number of aliphatic carboxylic acids is 1. The van der Waals surface area contributed by atoms with E-state index in [0.717, 1.165) is 12.1 Å². The molecule has 22 heavy (non-hydrogen) atoms. The number of carbonyl (C=O) groups excluding carboxylic acids is 1. The van der Waals surface area contributed by atoms with Crippen LogP contribution in [0, 0.1) is 0 Å². The highest BCUT2D eigenvalue weighted by Gasteiger charge is 2.33. The lowest BCUT2D eigenvalue weighted by Gasteiger charge is -2.16. The first-order valence-electron chi connectivity index (χ1n) is 6.16. The number of hydrogen-bond acceptors (Lipinski definition) is 3. The minimum Gasteiger partial charge on any atom is -0.481 e. The van der Waals surface area contributed by atoms with Gasteiger partial charge in [0.05, 0.1) is 23.6 Å². The number of carboxylic acid groups (broad SMARTS) is 1. The van der Waals surface area contributed by atoms with Gasteiger partial charge in [-0.25, -0.2) is 0 Å². The summed E-state index contributed by atoms with van der Waals surface area (Å²) in [6, 6.07) is 3.05. The molecule has 1 amide bonds. The predicted molar refractivity (Wildman–Crippen MR) is 74.8 cm³/mol. The molecule has 122 valence electrons. The number of benzene rings is 1. The third-order valence-electron chi connectivity index (χ3n) is 2.68. The van der Waals surface area contributed by atoms with E-state index in [2.05, 4.69) is 5.32 Å². The minimum absolute atomic E-state index is 0.0339. The molecular weight excluding hydrogens is 325 g/mol. The maximum Gasteiger partial charge on any atom is 0.417 e. The SMILES string of the molecule is CN(CCC(=O)O)CC(=O)Nc1ccc(Cl)c(C(F)(F)F)c1. The van der Waals surface area contributed by atoms with E-state index in [4.69, 9.17) is 16.7 Å². The van der Waals surface area contributed by atoms with E-state index < -0.39 is 28.6 Å². The molecule has 0 aromatic heterocycles. The molecule has 0 aliphatic carbocycles. The Kier molecular flexibility index (Phi) is 6.19. The molecular formula is C13H14ClF3N2O3. The highest BCUT2D eigenvalue weighted by molar-refractivity contribution is 6.31. The fourth-order valence-corrected chi connectivity index (χ4v) is 1.86. The molecule has 0 aliphatic heterocycles. The number of hydrogen-bond donors (Lipinski definition) is 2. The summed E-state index contributed by atoms with van der Waals surface area (Å²) >= 11 is 5.48. The van der Waals surface area contributed by atoms with Crippen molar-refractivity contribution in [2.75, 3.05) is 25.5 Å². The van der Waals surface area contributed by atoms with E-state index in [1.807, 2.05) is 0 Å².